The molecule has 0 aliphatic heterocycles. The highest BCUT2D eigenvalue weighted by Gasteiger charge is 2.14. The van der Waals surface area contributed by atoms with Crippen molar-refractivity contribution in [2.45, 2.75) is 25.8 Å². The highest BCUT2D eigenvalue weighted by atomic mass is 19.1. The average Bonchev–Trinajstić information content (AvgIpc) is 2.56. The van der Waals surface area contributed by atoms with Crippen molar-refractivity contribution >= 4 is 11.8 Å². The third kappa shape index (κ3) is 5.61. The monoisotopic (exact) mass is 364 g/mol. The van der Waals surface area contributed by atoms with Crippen molar-refractivity contribution in [1.82, 2.24) is 10.6 Å². The van der Waals surface area contributed by atoms with Gasteiger partial charge in [-0.2, -0.15) is 0 Å². The maximum absolute atomic E-state index is 13.6. The minimum atomic E-state index is -0.967. The average molecular weight is 364 g/mol. The third-order valence-corrected chi connectivity index (χ3v) is 3.70. The molecular weight excluding hydrogens is 345 g/mol. The van der Waals surface area contributed by atoms with Crippen LogP contribution in [0, 0.1) is 17.5 Å². The highest BCUT2D eigenvalue weighted by Crippen LogP contribution is 2.10. The molecule has 2 rings (SSSR count). The first-order valence-corrected chi connectivity index (χ1v) is 8.13. The minimum Gasteiger partial charge on any atom is -0.353 e. The van der Waals surface area contributed by atoms with Crippen molar-refractivity contribution in [1.29, 1.82) is 0 Å². The van der Waals surface area contributed by atoms with Crippen LogP contribution in [0.3, 0.4) is 0 Å². The molecule has 138 valence electrons. The van der Waals surface area contributed by atoms with E-state index in [1.54, 1.807) is 25.1 Å². The topological polar surface area (TPSA) is 58.2 Å². The number of amides is 2. The molecule has 0 aliphatic rings. The number of carbonyl (C=O) groups excluding carboxylic acids is 2. The Morgan fingerprint density at radius 2 is 1.77 bits per heavy atom. The Kier molecular flexibility index (Phi) is 6.77. The molecule has 1 atom stereocenters. The molecule has 0 saturated carbocycles. The molecule has 0 spiro atoms. The zero-order valence-electron chi connectivity index (χ0n) is 14.2. The lowest BCUT2D eigenvalue weighted by atomic mass is 10.1. The van der Waals surface area contributed by atoms with E-state index < -0.39 is 17.5 Å². The van der Waals surface area contributed by atoms with Crippen LogP contribution in [-0.2, 0) is 11.2 Å². The van der Waals surface area contributed by atoms with Crippen LogP contribution in [0.15, 0.2) is 42.5 Å². The maximum atomic E-state index is 13.6. The number of hydrogen-bond acceptors (Lipinski definition) is 2. The largest absolute Gasteiger partial charge is 0.353 e. The van der Waals surface area contributed by atoms with E-state index in [-0.39, 0.29) is 36.3 Å². The summed E-state index contributed by atoms with van der Waals surface area (Å²) in [6.07, 6.45) is 0.321. The molecule has 7 heteroatoms. The normalized spacial score (nSPS) is 11.7. The van der Waals surface area contributed by atoms with Crippen LogP contribution in [0.5, 0.6) is 0 Å². The van der Waals surface area contributed by atoms with Gasteiger partial charge in [-0.3, -0.25) is 9.59 Å². The van der Waals surface area contributed by atoms with Gasteiger partial charge in [0.15, 0.2) is 0 Å². The summed E-state index contributed by atoms with van der Waals surface area (Å²) in [6.45, 7) is 1.74. The van der Waals surface area contributed by atoms with Crippen molar-refractivity contribution in [3.63, 3.8) is 0 Å². The van der Waals surface area contributed by atoms with Crippen molar-refractivity contribution in [2.75, 3.05) is 6.54 Å². The van der Waals surface area contributed by atoms with Gasteiger partial charge in [-0.25, -0.2) is 13.2 Å². The van der Waals surface area contributed by atoms with E-state index in [9.17, 15) is 22.8 Å². The van der Waals surface area contributed by atoms with Gasteiger partial charge in [-0.15, -0.1) is 0 Å². The van der Waals surface area contributed by atoms with E-state index in [0.29, 0.717) is 18.1 Å². The Balaban J connectivity index is 1.76. The first-order valence-electron chi connectivity index (χ1n) is 8.13. The van der Waals surface area contributed by atoms with Crippen molar-refractivity contribution in [2.24, 2.45) is 0 Å². The van der Waals surface area contributed by atoms with Crippen LogP contribution < -0.4 is 10.6 Å². The van der Waals surface area contributed by atoms with E-state index in [2.05, 4.69) is 10.6 Å². The van der Waals surface area contributed by atoms with Gasteiger partial charge in [-0.1, -0.05) is 18.2 Å². The molecule has 26 heavy (non-hydrogen) atoms. The second-order valence-corrected chi connectivity index (χ2v) is 5.89. The van der Waals surface area contributed by atoms with E-state index in [4.69, 9.17) is 0 Å². The van der Waals surface area contributed by atoms with Gasteiger partial charge in [0, 0.05) is 25.1 Å². The number of rotatable bonds is 7. The summed E-state index contributed by atoms with van der Waals surface area (Å²) in [5, 5.41) is 5.11. The van der Waals surface area contributed by atoms with Crippen LogP contribution in [0.25, 0.3) is 0 Å². The molecule has 0 radical (unpaired) electrons. The first kappa shape index (κ1) is 19.5. The highest BCUT2D eigenvalue weighted by molar-refractivity contribution is 5.94. The SMILES string of the molecule is CC(Cc1ccccc1F)NC(=O)CCNC(=O)c1ccc(F)cc1F. The number of halogens is 3. The number of nitrogens with one attached hydrogen (secondary N) is 2. The van der Waals surface area contributed by atoms with Crippen molar-refractivity contribution < 1.29 is 22.8 Å². The molecule has 0 bridgehead atoms. The molecule has 0 heterocycles. The summed E-state index contributed by atoms with van der Waals surface area (Å²) >= 11 is 0. The number of benzene rings is 2. The fraction of sp³-hybridized carbons (Fsp3) is 0.263. The Bertz CT molecular complexity index is 796. The molecule has 4 nitrogen and oxygen atoms in total. The number of hydrogen-bond donors (Lipinski definition) is 2. The van der Waals surface area contributed by atoms with Gasteiger partial charge < -0.3 is 10.6 Å². The Labute approximate surface area is 149 Å². The summed E-state index contributed by atoms with van der Waals surface area (Å²) in [4.78, 5) is 23.7. The predicted molar refractivity (Wildman–Crippen MR) is 91.0 cm³/mol. The zero-order chi connectivity index (χ0) is 19.1. The first-order chi connectivity index (χ1) is 12.4. The lowest BCUT2D eigenvalue weighted by Gasteiger charge is -2.14. The van der Waals surface area contributed by atoms with Crippen LogP contribution in [0.1, 0.15) is 29.3 Å². The minimum absolute atomic E-state index is 0.00605. The fourth-order valence-electron chi connectivity index (χ4n) is 2.45. The van der Waals surface area contributed by atoms with Crippen molar-refractivity contribution in [3.8, 4) is 0 Å². The van der Waals surface area contributed by atoms with E-state index >= 15 is 0 Å². The molecule has 0 fully saturated rings. The molecule has 2 aromatic carbocycles. The molecule has 0 aliphatic carbocycles. The summed E-state index contributed by atoms with van der Waals surface area (Å²) in [5.74, 6) is -3.13. The lowest BCUT2D eigenvalue weighted by Crippen LogP contribution is -2.36. The predicted octanol–water partition coefficient (Wildman–Crippen LogP) is 2.97. The number of carbonyl (C=O) groups is 2. The van der Waals surface area contributed by atoms with Crippen molar-refractivity contribution in [3.05, 3.63) is 71.0 Å². The Morgan fingerprint density at radius 3 is 2.46 bits per heavy atom. The summed E-state index contributed by atoms with van der Waals surface area (Å²) in [5.41, 5.74) is 0.208. The molecule has 2 aromatic rings. The smallest absolute Gasteiger partial charge is 0.254 e. The van der Waals surface area contributed by atoms with E-state index in [0.717, 1.165) is 12.1 Å². The second-order valence-electron chi connectivity index (χ2n) is 5.89. The van der Waals surface area contributed by atoms with E-state index in [1.165, 1.54) is 6.07 Å². The standard InChI is InChI=1S/C19H19F3N2O2/c1-12(10-13-4-2-3-5-16(13)21)24-18(25)8-9-23-19(26)15-7-6-14(20)11-17(15)22/h2-7,11-12H,8-10H2,1H3,(H,23,26)(H,24,25). The van der Waals surface area contributed by atoms with Crippen LogP contribution in [-0.4, -0.2) is 24.4 Å². The quantitative estimate of drug-likeness (QED) is 0.794. The lowest BCUT2D eigenvalue weighted by molar-refractivity contribution is -0.121. The zero-order valence-corrected chi connectivity index (χ0v) is 14.2. The summed E-state index contributed by atoms with van der Waals surface area (Å²) in [7, 11) is 0. The molecule has 2 amide bonds. The molecule has 1 unspecified atom stereocenters. The Hall–Kier alpha value is -2.83. The van der Waals surface area contributed by atoms with Gasteiger partial charge in [-0.05, 0) is 37.1 Å². The van der Waals surface area contributed by atoms with Gasteiger partial charge >= 0.3 is 0 Å². The molecular formula is C19H19F3N2O2. The van der Waals surface area contributed by atoms with Crippen LogP contribution in [0.4, 0.5) is 13.2 Å². The third-order valence-electron chi connectivity index (χ3n) is 3.70. The fourth-order valence-corrected chi connectivity index (χ4v) is 2.45. The second kappa shape index (κ2) is 9.03. The van der Waals surface area contributed by atoms with E-state index in [1.807, 2.05) is 0 Å². The maximum Gasteiger partial charge on any atom is 0.254 e. The molecule has 0 saturated heterocycles. The summed E-state index contributed by atoms with van der Waals surface area (Å²) in [6, 6.07) is 8.66. The molecule has 2 N–H and O–H groups in total. The van der Waals surface area contributed by atoms with Crippen LogP contribution in [0.2, 0.25) is 0 Å². The van der Waals surface area contributed by atoms with Gasteiger partial charge in [0.25, 0.3) is 5.91 Å². The molecule has 0 aromatic heterocycles. The van der Waals surface area contributed by atoms with Gasteiger partial charge in [0.2, 0.25) is 5.91 Å². The summed E-state index contributed by atoms with van der Waals surface area (Å²) < 4.78 is 39.9. The van der Waals surface area contributed by atoms with Gasteiger partial charge in [0.05, 0.1) is 5.56 Å². The van der Waals surface area contributed by atoms with Crippen LogP contribution >= 0.6 is 0 Å². The Morgan fingerprint density at radius 1 is 1.04 bits per heavy atom. The van der Waals surface area contributed by atoms with Gasteiger partial charge in [0.1, 0.15) is 17.5 Å².